The van der Waals surface area contributed by atoms with Crippen LogP contribution in [0.5, 0.6) is 0 Å². The second-order valence-corrected chi connectivity index (χ2v) is 4.60. The summed E-state index contributed by atoms with van der Waals surface area (Å²) in [6.45, 7) is 2.03. The number of halogens is 2. The first-order valence-corrected chi connectivity index (χ1v) is 5.90. The van der Waals surface area contributed by atoms with Gasteiger partial charge in [0.15, 0.2) is 0 Å². The molecule has 0 N–H and O–H groups in total. The highest BCUT2D eigenvalue weighted by Crippen LogP contribution is 2.36. The fourth-order valence-corrected chi connectivity index (χ4v) is 2.51. The van der Waals surface area contributed by atoms with E-state index in [9.17, 15) is 0 Å². The number of aryl methyl sites for hydroxylation is 1. The molecule has 0 amide bonds. The van der Waals surface area contributed by atoms with E-state index >= 15 is 0 Å². The summed E-state index contributed by atoms with van der Waals surface area (Å²) in [7, 11) is 0. The van der Waals surface area contributed by atoms with Crippen molar-refractivity contribution in [2.75, 3.05) is 0 Å². The monoisotopic (exact) mass is 252 g/mol. The Morgan fingerprint density at radius 1 is 1.62 bits per heavy atom. The van der Waals surface area contributed by atoms with Crippen molar-refractivity contribution in [1.29, 1.82) is 5.26 Å². The number of rotatable bonds is 1. The van der Waals surface area contributed by atoms with Crippen molar-refractivity contribution in [3.05, 3.63) is 34.7 Å². The van der Waals surface area contributed by atoms with Crippen LogP contribution in [0.1, 0.15) is 23.7 Å². The highest BCUT2D eigenvalue weighted by Gasteiger charge is 2.25. The molecule has 0 saturated heterocycles. The van der Waals surface area contributed by atoms with Crippen molar-refractivity contribution in [3.8, 4) is 6.07 Å². The van der Waals surface area contributed by atoms with Crippen LogP contribution < -0.4 is 0 Å². The number of nitriles is 1. The minimum atomic E-state index is -0.334. The SMILES string of the molecule is CCc1cc2c(cn1)CC(Cl)C(C#N)=C2Cl. The predicted molar refractivity (Wildman–Crippen MR) is 65.3 cm³/mol. The summed E-state index contributed by atoms with van der Waals surface area (Å²) in [5, 5.41) is 9.13. The molecule has 0 bridgehead atoms. The summed E-state index contributed by atoms with van der Waals surface area (Å²) in [5.74, 6) is 0. The number of fused-ring (bicyclic) bond motifs is 1. The van der Waals surface area contributed by atoms with Gasteiger partial charge < -0.3 is 0 Å². The van der Waals surface area contributed by atoms with Crippen LogP contribution >= 0.6 is 23.2 Å². The van der Waals surface area contributed by atoms with Crippen LogP contribution in [0, 0.1) is 11.3 Å². The third kappa shape index (κ3) is 1.81. The maximum atomic E-state index is 8.99. The van der Waals surface area contributed by atoms with Gasteiger partial charge in [-0.2, -0.15) is 5.26 Å². The third-order valence-corrected chi connectivity index (χ3v) is 3.49. The molecule has 2 nitrogen and oxygen atoms in total. The quantitative estimate of drug-likeness (QED) is 0.720. The van der Waals surface area contributed by atoms with E-state index in [0.29, 0.717) is 17.0 Å². The Balaban J connectivity index is 2.60. The van der Waals surface area contributed by atoms with Crippen LogP contribution in [0.25, 0.3) is 5.03 Å². The average Bonchev–Trinajstić information content (AvgIpc) is 2.29. The molecule has 4 heteroatoms. The normalized spacial score (nSPS) is 19.2. The molecule has 1 aromatic rings. The Bertz CT molecular complexity index is 500. The first-order chi connectivity index (χ1) is 7.67. The number of hydrogen-bond donors (Lipinski definition) is 0. The van der Waals surface area contributed by atoms with Crippen LogP contribution in [-0.4, -0.2) is 10.4 Å². The molecule has 0 radical (unpaired) electrons. The summed E-state index contributed by atoms with van der Waals surface area (Å²) >= 11 is 12.3. The predicted octanol–water partition coefficient (Wildman–Crippen LogP) is 3.28. The van der Waals surface area contributed by atoms with Gasteiger partial charge in [-0.1, -0.05) is 18.5 Å². The van der Waals surface area contributed by atoms with Gasteiger partial charge in [0, 0.05) is 17.5 Å². The van der Waals surface area contributed by atoms with Gasteiger partial charge in [-0.05, 0) is 24.5 Å². The van der Waals surface area contributed by atoms with Gasteiger partial charge in [0.1, 0.15) is 0 Å². The van der Waals surface area contributed by atoms with Crippen LogP contribution in [0.15, 0.2) is 17.8 Å². The number of pyridine rings is 1. The lowest BCUT2D eigenvalue weighted by molar-refractivity contribution is 0.927. The minimum Gasteiger partial charge on any atom is -0.261 e. The Hall–Kier alpha value is -1.04. The zero-order valence-electron chi connectivity index (χ0n) is 8.80. The first-order valence-electron chi connectivity index (χ1n) is 5.09. The van der Waals surface area contributed by atoms with E-state index in [4.69, 9.17) is 28.5 Å². The molecule has 0 spiro atoms. The minimum absolute atomic E-state index is 0.334. The maximum absolute atomic E-state index is 8.99. The van der Waals surface area contributed by atoms with Gasteiger partial charge >= 0.3 is 0 Å². The second-order valence-electron chi connectivity index (χ2n) is 3.70. The van der Waals surface area contributed by atoms with Crippen molar-refractivity contribution in [2.24, 2.45) is 0 Å². The topological polar surface area (TPSA) is 36.7 Å². The number of nitrogens with zero attached hydrogens (tertiary/aromatic N) is 2. The molecular formula is C12H10Cl2N2. The Kier molecular flexibility index (Phi) is 3.18. The molecule has 1 heterocycles. The molecule has 0 fully saturated rings. The zero-order chi connectivity index (χ0) is 11.7. The summed E-state index contributed by atoms with van der Waals surface area (Å²) in [6.07, 6.45) is 3.27. The fourth-order valence-electron chi connectivity index (χ4n) is 1.78. The smallest absolute Gasteiger partial charge is 0.0978 e. The first kappa shape index (κ1) is 11.4. The van der Waals surface area contributed by atoms with Gasteiger partial charge in [0.25, 0.3) is 0 Å². The van der Waals surface area contributed by atoms with Crippen molar-refractivity contribution in [3.63, 3.8) is 0 Å². The van der Waals surface area contributed by atoms with E-state index in [1.807, 2.05) is 13.0 Å². The van der Waals surface area contributed by atoms with Gasteiger partial charge in [-0.3, -0.25) is 4.98 Å². The van der Waals surface area contributed by atoms with Crippen LogP contribution in [-0.2, 0) is 12.8 Å². The van der Waals surface area contributed by atoms with Gasteiger partial charge in [-0.15, -0.1) is 11.6 Å². The number of allylic oxidation sites excluding steroid dienone is 1. The highest BCUT2D eigenvalue weighted by atomic mass is 35.5. The lowest BCUT2D eigenvalue weighted by atomic mass is 9.93. The van der Waals surface area contributed by atoms with E-state index in [2.05, 4.69) is 11.1 Å². The molecule has 0 aromatic carbocycles. The molecule has 1 aliphatic rings. The van der Waals surface area contributed by atoms with E-state index in [-0.39, 0.29) is 5.38 Å². The third-order valence-electron chi connectivity index (χ3n) is 2.71. The lowest BCUT2D eigenvalue weighted by Gasteiger charge is -2.20. The van der Waals surface area contributed by atoms with Gasteiger partial charge in [0.2, 0.25) is 0 Å². The Morgan fingerprint density at radius 3 is 3.00 bits per heavy atom. The molecule has 2 rings (SSSR count). The van der Waals surface area contributed by atoms with Crippen molar-refractivity contribution < 1.29 is 0 Å². The second kappa shape index (κ2) is 4.45. The number of hydrogen-bond acceptors (Lipinski definition) is 2. The summed E-state index contributed by atoms with van der Waals surface area (Å²) in [4.78, 5) is 4.31. The van der Waals surface area contributed by atoms with Gasteiger partial charge in [0.05, 0.1) is 22.1 Å². The van der Waals surface area contributed by atoms with Crippen molar-refractivity contribution >= 4 is 28.2 Å². The van der Waals surface area contributed by atoms with Crippen LogP contribution in [0.2, 0.25) is 0 Å². The van der Waals surface area contributed by atoms with Gasteiger partial charge in [-0.25, -0.2) is 0 Å². The lowest BCUT2D eigenvalue weighted by Crippen LogP contribution is -2.15. The molecule has 1 aliphatic carbocycles. The number of aromatic nitrogens is 1. The molecule has 82 valence electrons. The summed E-state index contributed by atoms with van der Waals surface area (Å²) in [5.41, 5.74) is 3.36. The maximum Gasteiger partial charge on any atom is 0.0978 e. The standard InChI is InChI=1S/C12H10Cl2N2/c1-2-8-4-9-7(6-16-8)3-11(13)10(5-15)12(9)14/h4,6,11H,2-3H2,1H3. The molecule has 0 aliphatic heterocycles. The molecule has 1 atom stereocenters. The molecule has 1 unspecified atom stereocenters. The highest BCUT2D eigenvalue weighted by molar-refractivity contribution is 6.50. The molecule has 16 heavy (non-hydrogen) atoms. The molecule has 1 aromatic heterocycles. The van der Waals surface area contributed by atoms with Crippen molar-refractivity contribution in [2.45, 2.75) is 25.1 Å². The zero-order valence-corrected chi connectivity index (χ0v) is 10.3. The molecular weight excluding hydrogens is 243 g/mol. The molecule has 0 saturated carbocycles. The Labute approximate surface area is 105 Å². The van der Waals surface area contributed by atoms with E-state index in [1.165, 1.54) is 0 Å². The van der Waals surface area contributed by atoms with E-state index in [0.717, 1.165) is 23.2 Å². The van der Waals surface area contributed by atoms with Crippen LogP contribution in [0.4, 0.5) is 0 Å². The Morgan fingerprint density at radius 2 is 2.38 bits per heavy atom. The van der Waals surface area contributed by atoms with E-state index in [1.54, 1.807) is 6.20 Å². The summed E-state index contributed by atoms with van der Waals surface area (Å²) in [6, 6.07) is 4.02. The largest absolute Gasteiger partial charge is 0.261 e. The fraction of sp³-hybridized carbons (Fsp3) is 0.333. The summed E-state index contributed by atoms with van der Waals surface area (Å²) < 4.78 is 0. The average molecular weight is 253 g/mol. The van der Waals surface area contributed by atoms with Crippen LogP contribution in [0.3, 0.4) is 0 Å². The van der Waals surface area contributed by atoms with E-state index < -0.39 is 0 Å². The number of alkyl halides is 1. The van der Waals surface area contributed by atoms with Crippen molar-refractivity contribution in [1.82, 2.24) is 4.98 Å².